The van der Waals surface area contributed by atoms with Crippen molar-refractivity contribution in [1.29, 1.82) is 0 Å². The topological polar surface area (TPSA) is 36.4 Å². The first kappa shape index (κ1) is 21.2. The molecular weight excluding hydrogens is 456 g/mol. The molecule has 1 aromatic heterocycles. The molecule has 0 N–H and O–H groups in total. The summed E-state index contributed by atoms with van der Waals surface area (Å²) in [6, 6.07) is 19.1. The highest BCUT2D eigenvalue weighted by atomic mass is 35.5. The van der Waals surface area contributed by atoms with Gasteiger partial charge in [0.25, 0.3) is 5.91 Å². The largest absolute Gasteiger partial charge is 0.288 e. The third-order valence-corrected chi connectivity index (χ3v) is 6.93. The zero-order valence-electron chi connectivity index (χ0n) is 18.1. The van der Waals surface area contributed by atoms with Crippen molar-refractivity contribution in [3.05, 3.63) is 106 Å². The fourth-order valence-electron chi connectivity index (χ4n) is 5.13. The minimum absolute atomic E-state index is 0.242. The molecule has 4 aromatic rings. The molecule has 4 nitrogen and oxygen atoms in total. The van der Waals surface area contributed by atoms with Gasteiger partial charge in [-0.2, -0.15) is 0 Å². The molecule has 0 bridgehead atoms. The van der Waals surface area contributed by atoms with Crippen LogP contribution >= 0.6 is 11.6 Å². The molecule has 34 heavy (non-hydrogen) atoms. The van der Waals surface area contributed by atoms with Crippen molar-refractivity contribution in [3.63, 3.8) is 0 Å². The van der Waals surface area contributed by atoms with Crippen LogP contribution in [0.3, 0.4) is 0 Å². The number of rotatable bonds is 4. The van der Waals surface area contributed by atoms with E-state index in [1.807, 2.05) is 24.3 Å². The third-order valence-electron chi connectivity index (χ3n) is 6.69. The maximum absolute atomic E-state index is 14.2. The van der Waals surface area contributed by atoms with Crippen LogP contribution < -0.4 is 4.90 Å². The van der Waals surface area contributed by atoms with E-state index in [-0.39, 0.29) is 5.91 Å². The van der Waals surface area contributed by atoms with E-state index in [0.29, 0.717) is 46.7 Å². The predicted molar refractivity (Wildman–Crippen MR) is 128 cm³/mol. The lowest BCUT2D eigenvalue weighted by Gasteiger charge is -2.39. The zero-order valence-corrected chi connectivity index (χ0v) is 18.9. The quantitative estimate of drug-likeness (QED) is 0.367. The Kier molecular flexibility index (Phi) is 5.08. The van der Waals surface area contributed by atoms with Crippen molar-refractivity contribution in [2.24, 2.45) is 0 Å². The van der Waals surface area contributed by atoms with Crippen molar-refractivity contribution in [1.82, 2.24) is 9.88 Å². The third kappa shape index (κ3) is 3.37. The van der Waals surface area contributed by atoms with Gasteiger partial charge in [-0.05, 0) is 36.2 Å². The van der Waals surface area contributed by atoms with Crippen LogP contribution in [0, 0.1) is 11.6 Å². The number of fused-ring (bicyclic) bond motifs is 2. The van der Waals surface area contributed by atoms with Crippen molar-refractivity contribution in [2.45, 2.75) is 19.0 Å². The molecule has 2 aliphatic heterocycles. The Morgan fingerprint density at radius 1 is 1.00 bits per heavy atom. The van der Waals surface area contributed by atoms with Gasteiger partial charge in [-0.15, -0.1) is 0 Å². The molecule has 2 aliphatic rings. The van der Waals surface area contributed by atoms with Gasteiger partial charge in [0, 0.05) is 52.9 Å². The van der Waals surface area contributed by atoms with Crippen LogP contribution in [0.25, 0.3) is 10.9 Å². The highest BCUT2D eigenvalue weighted by Crippen LogP contribution is 2.46. The molecule has 6 rings (SSSR count). The molecule has 3 heterocycles. The SMILES string of the molecule is O=C1c2c3c(nc4cc(Cl)ccc24)CCN(CCc2ccccc2)C3N1c1ccc(F)c(F)c1. The van der Waals surface area contributed by atoms with Gasteiger partial charge in [0.05, 0.1) is 11.1 Å². The fraction of sp³-hybridized carbons (Fsp3) is 0.185. The average Bonchev–Trinajstić information content (AvgIpc) is 3.15. The zero-order chi connectivity index (χ0) is 23.4. The molecule has 3 aromatic carbocycles. The van der Waals surface area contributed by atoms with Crippen molar-refractivity contribution < 1.29 is 13.6 Å². The van der Waals surface area contributed by atoms with Crippen molar-refractivity contribution in [3.8, 4) is 0 Å². The summed E-state index contributed by atoms with van der Waals surface area (Å²) in [5.41, 5.74) is 4.45. The second kappa shape index (κ2) is 8.15. The summed E-state index contributed by atoms with van der Waals surface area (Å²) in [5, 5.41) is 1.26. The Morgan fingerprint density at radius 2 is 1.82 bits per heavy atom. The number of carbonyl (C=O) groups excluding carboxylic acids is 1. The molecular formula is C27H20ClF2N3O. The maximum Gasteiger partial charge on any atom is 0.261 e. The van der Waals surface area contributed by atoms with Gasteiger partial charge in [-0.1, -0.05) is 48.0 Å². The number of hydrogen-bond acceptors (Lipinski definition) is 3. The smallest absolute Gasteiger partial charge is 0.261 e. The number of benzene rings is 3. The molecule has 0 spiro atoms. The molecule has 0 radical (unpaired) electrons. The number of anilines is 1. The highest BCUT2D eigenvalue weighted by Gasteiger charge is 2.46. The van der Waals surface area contributed by atoms with Gasteiger partial charge in [0.1, 0.15) is 6.17 Å². The molecule has 0 aliphatic carbocycles. The van der Waals surface area contributed by atoms with Crippen molar-refractivity contribution in [2.75, 3.05) is 18.0 Å². The first-order valence-electron chi connectivity index (χ1n) is 11.2. The Labute approximate surface area is 200 Å². The van der Waals surface area contributed by atoms with E-state index in [4.69, 9.17) is 16.6 Å². The summed E-state index contributed by atoms with van der Waals surface area (Å²) in [6.07, 6.45) is 1.06. The van der Waals surface area contributed by atoms with Gasteiger partial charge in [-0.25, -0.2) is 8.78 Å². The molecule has 1 atom stereocenters. The van der Waals surface area contributed by atoms with E-state index >= 15 is 0 Å². The lowest BCUT2D eigenvalue weighted by Crippen LogP contribution is -2.44. The summed E-state index contributed by atoms with van der Waals surface area (Å²) in [6.45, 7) is 1.40. The van der Waals surface area contributed by atoms with Crippen LogP contribution in [0.1, 0.15) is 33.3 Å². The fourth-order valence-corrected chi connectivity index (χ4v) is 5.29. The Balaban J connectivity index is 1.50. The van der Waals surface area contributed by atoms with Crippen LogP contribution in [0.5, 0.6) is 0 Å². The standard InChI is InChI=1S/C27H20ClF2N3O/c28-17-6-8-19-23(14-17)31-22-11-13-32(12-10-16-4-2-1-3-5-16)26-25(22)24(19)27(34)33(26)18-7-9-20(29)21(30)15-18/h1-9,14-15,26H,10-13H2. The van der Waals surface area contributed by atoms with Crippen LogP contribution in [-0.2, 0) is 12.8 Å². The van der Waals surface area contributed by atoms with Crippen LogP contribution in [0.15, 0.2) is 66.7 Å². The van der Waals surface area contributed by atoms with E-state index in [1.165, 1.54) is 11.6 Å². The first-order valence-corrected chi connectivity index (χ1v) is 11.6. The summed E-state index contributed by atoms with van der Waals surface area (Å²) >= 11 is 6.20. The first-order chi connectivity index (χ1) is 16.5. The van der Waals surface area contributed by atoms with Crippen LogP contribution in [0.2, 0.25) is 5.02 Å². The molecule has 1 unspecified atom stereocenters. The second-order valence-electron chi connectivity index (χ2n) is 8.68. The number of pyridine rings is 1. The molecule has 170 valence electrons. The Bertz CT molecular complexity index is 1440. The number of halogens is 3. The van der Waals surface area contributed by atoms with Gasteiger partial charge in [-0.3, -0.25) is 19.6 Å². The normalized spacial score (nSPS) is 17.4. The Hall–Kier alpha value is -3.35. The molecule has 7 heteroatoms. The average molecular weight is 476 g/mol. The number of aromatic nitrogens is 1. The number of nitrogens with zero attached hydrogens (tertiary/aromatic N) is 3. The van der Waals surface area contributed by atoms with Gasteiger partial charge in [0.2, 0.25) is 0 Å². The lowest BCUT2D eigenvalue weighted by molar-refractivity contribution is 0.0955. The number of amides is 1. The van der Waals surface area contributed by atoms with E-state index in [2.05, 4.69) is 17.0 Å². The van der Waals surface area contributed by atoms with E-state index < -0.39 is 17.8 Å². The highest BCUT2D eigenvalue weighted by molar-refractivity contribution is 6.31. The molecule has 0 fully saturated rings. The van der Waals surface area contributed by atoms with E-state index in [0.717, 1.165) is 29.8 Å². The number of hydrogen-bond donors (Lipinski definition) is 0. The van der Waals surface area contributed by atoms with Gasteiger partial charge in [0.15, 0.2) is 11.6 Å². The molecule has 0 saturated heterocycles. The predicted octanol–water partition coefficient (Wildman–Crippen LogP) is 5.93. The minimum atomic E-state index is -0.983. The minimum Gasteiger partial charge on any atom is -0.288 e. The van der Waals surface area contributed by atoms with Gasteiger partial charge >= 0.3 is 0 Å². The van der Waals surface area contributed by atoms with E-state index in [9.17, 15) is 13.6 Å². The van der Waals surface area contributed by atoms with Crippen molar-refractivity contribution >= 4 is 34.1 Å². The summed E-state index contributed by atoms with van der Waals surface area (Å²) in [4.78, 5) is 22.5. The number of carbonyl (C=O) groups is 1. The second-order valence-corrected chi connectivity index (χ2v) is 9.11. The maximum atomic E-state index is 14.2. The summed E-state index contributed by atoms with van der Waals surface area (Å²) in [7, 11) is 0. The molecule has 1 amide bonds. The van der Waals surface area contributed by atoms with Crippen LogP contribution in [0.4, 0.5) is 14.5 Å². The molecule has 0 saturated carbocycles. The van der Waals surface area contributed by atoms with Gasteiger partial charge < -0.3 is 0 Å². The summed E-state index contributed by atoms with van der Waals surface area (Å²) < 4.78 is 27.9. The van der Waals surface area contributed by atoms with E-state index in [1.54, 1.807) is 17.0 Å². The van der Waals surface area contributed by atoms with Crippen LogP contribution in [-0.4, -0.2) is 28.9 Å². The Morgan fingerprint density at radius 3 is 2.62 bits per heavy atom. The lowest BCUT2D eigenvalue weighted by atomic mass is 9.96. The monoisotopic (exact) mass is 475 g/mol. The summed E-state index contributed by atoms with van der Waals surface area (Å²) in [5.74, 6) is -2.17.